The van der Waals surface area contributed by atoms with Crippen LogP contribution in [0, 0.1) is 0 Å². The molecule has 2 atom stereocenters. The molecule has 6 bridgehead atoms. The van der Waals surface area contributed by atoms with Gasteiger partial charge in [0.25, 0.3) is 5.91 Å². The van der Waals surface area contributed by atoms with Crippen LogP contribution in [0.15, 0.2) is 77.4 Å². The molecule has 0 fully saturated rings. The molecule has 54 heavy (non-hydrogen) atoms. The number of nitrogens with one attached hydrogen (secondary N) is 1. The zero-order valence-electron chi connectivity index (χ0n) is 31.5. The number of benzene rings is 4. The summed E-state index contributed by atoms with van der Waals surface area (Å²) in [4.78, 5) is 18.1. The number of furan rings is 1. The van der Waals surface area contributed by atoms with Crippen LogP contribution in [0.5, 0.6) is 46.0 Å². The van der Waals surface area contributed by atoms with Crippen LogP contribution >= 0.6 is 0 Å². The Balaban J connectivity index is 1.36. The number of ether oxygens (including phenoxy) is 6. The zero-order valence-corrected chi connectivity index (χ0v) is 31.5. The number of carbonyl (C=O) groups is 1. The molecule has 9 rings (SSSR count). The van der Waals surface area contributed by atoms with E-state index in [1.165, 1.54) is 23.0 Å². The lowest BCUT2D eigenvalue weighted by molar-refractivity contribution is 0.0996. The van der Waals surface area contributed by atoms with Gasteiger partial charge >= 0.3 is 0 Å². The lowest BCUT2D eigenvalue weighted by Gasteiger charge is -2.37. The van der Waals surface area contributed by atoms with Crippen molar-refractivity contribution in [3.8, 4) is 46.0 Å². The lowest BCUT2D eigenvalue weighted by Crippen LogP contribution is -2.34. The highest BCUT2D eigenvalue weighted by Gasteiger charge is 2.35. The summed E-state index contributed by atoms with van der Waals surface area (Å²) in [5.41, 5.74) is 7.05. The van der Waals surface area contributed by atoms with E-state index in [4.69, 9.17) is 32.8 Å². The number of likely N-dealkylation sites (N-methyl/N-ethyl adjacent to an activating group) is 2. The molecule has 280 valence electrons. The molecular formula is C43H45N3O8. The van der Waals surface area contributed by atoms with E-state index in [0.717, 1.165) is 49.0 Å². The molecule has 1 amide bonds. The molecule has 11 nitrogen and oxygen atoms in total. The quantitative estimate of drug-likeness (QED) is 0.185. The fourth-order valence-corrected chi connectivity index (χ4v) is 8.05. The van der Waals surface area contributed by atoms with Crippen molar-refractivity contribution in [3.05, 3.63) is 112 Å². The predicted octanol–water partition coefficient (Wildman–Crippen LogP) is 8.01. The van der Waals surface area contributed by atoms with Gasteiger partial charge in [-0.3, -0.25) is 14.6 Å². The number of nitrogens with zero attached hydrogens (tertiary/aromatic N) is 2. The SMILES string of the molecule is COc1cc(NC(=O)c2ccco2)c2cc1Oc1ccc(cc1)C[C@H]1c3cc(c(OC)cc3CCN1C)Oc1c(OC)c(OC)cc3c1[C@H](C2)N(C)CC3. The van der Waals surface area contributed by atoms with Gasteiger partial charge in [0.2, 0.25) is 5.75 Å². The number of amides is 1. The number of hydrogen-bond donors (Lipinski definition) is 1. The molecule has 0 saturated heterocycles. The maximum atomic E-state index is 13.4. The fraction of sp³-hybridized carbons (Fsp3) is 0.326. The number of carbonyl (C=O) groups excluding carboxylic acids is 1. The van der Waals surface area contributed by atoms with Crippen molar-refractivity contribution in [1.29, 1.82) is 0 Å². The molecule has 5 aromatic rings. The average Bonchev–Trinajstić information content (AvgIpc) is 3.73. The van der Waals surface area contributed by atoms with Gasteiger partial charge in [-0.05, 0) is 116 Å². The summed E-state index contributed by atoms with van der Waals surface area (Å²) in [5.74, 6) is 4.37. The van der Waals surface area contributed by atoms with E-state index < -0.39 is 0 Å². The first kappa shape index (κ1) is 35.4. The summed E-state index contributed by atoms with van der Waals surface area (Å²) in [6.07, 6.45) is 4.40. The Morgan fingerprint density at radius 1 is 0.722 bits per heavy atom. The monoisotopic (exact) mass is 731 g/mol. The van der Waals surface area contributed by atoms with Gasteiger partial charge in [0.15, 0.2) is 40.3 Å². The second-order valence-electron chi connectivity index (χ2n) is 14.1. The van der Waals surface area contributed by atoms with Crippen LogP contribution in [-0.4, -0.2) is 71.3 Å². The van der Waals surface area contributed by atoms with Crippen molar-refractivity contribution in [2.24, 2.45) is 0 Å². The number of hydrogen-bond acceptors (Lipinski definition) is 10. The molecule has 0 saturated carbocycles. The Morgan fingerprint density at radius 2 is 1.41 bits per heavy atom. The summed E-state index contributed by atoms with van der Waals surface area (Å²) in [6.45, 7) is 1.70. The largest absolute Gasteiger partial charge is 0.493 e. The number of anilines is 1. The molecule has 1 N–H and O–H groups in total. The van der Waals surface area contributed by atoms with E-state index in [-0.39, 0.29) is 23.8 Å². The molecule has 0 spiro atoms. The molecule has 0 radical (unpaired) electrons. The third kappa shape index (κ3) is 6.47. The van der Waals surface area contributed by atoms with Crippen LogP contribution in [0.4, 0.5) is 5.69 Å². The third-order valence-electron chi connectivity index (χ3n) is 11.0. The maximum Gasteiger partial charge on any atom is 0.291 e. The summed E-state index contributed by atoms with van der Waals surface area (Å²) < 4.78 is 43.0. The summed E-state index contributed by atoms with van der Waals surface area (Å²) in [5, 5.41) is 3.08. The van der Waals surface area contributed by atoms with Gasteiger partial charge < -0.3 is 38.2 Å². The second-order valence-corrected chi connectivity index (χ2v) is 14.1. The van der Waals surface area contributed by atoms with E-state index in [2.05, 4.69) is 53.5 Å². The Hall–Kier alpha value is -5.65. The van der Waals surface area contributed by atoms with Gasteiger partial charge in [0, 0.05) is 42.5 Å². The van der Waals surface area contributed by atoms with Crippen molar-refractivity contribution in [1.82, 2.24) is 9.80 Å². The van der Waals surface area contributed by atoms with Gasteiger partial charge in [-0.25, -0.2) is 0 Å². The van der Waals surface area contributed by atoms with Crippen LogP contribution in [0.1, 0.15) is 56.0 Å². The molecule has 0 aliphatic carbocycles. The van der Waals surface area contributed by atoms with Crippen LogP contribution in [0.2, 0.25) is 0 Å². The van der Waals surface area contributed by atoms with Crippen molar-refractivity contribution < 1.29 is 37.6 Å². The third-order valence-corrected chi connectivity index (χ3v) is 11.0. The average molecular weight is 732 g/mol. The topological polar surface area (TPSA) is 104 Å². The number of fused-ring (bicyclic) bond motifs is 2. The predicted molar refractivity (Wildman–Crippen MR) is 204 cm³/mol. The van der Waals surface area contributed by atoms with Crippen LogP contribution < -0.4 is 33.7 Å². The van der Waals surface area contributed by atoms with E-state index in [1.807, 2.05) is 24.3 Å². The Bertz CT molecular complexity index is 2180. The minimum Gasteiger partial charge on any atom is -0.493 e. The van der Waals surface area contributed by atoms with Gasteiger partial charge in [0.05, 0.1) is 34.7 Å². The molecule has 5 heterocycles. The Kier molecular flexibility index (Phi) is 9.59. The summed E-state index contributed by atoms with van der Waals surface area (Å²) >= 11 is 0. The second kappa shape index (κ2) is 14.6. The van der Waals surface area contributed by atoms with E-state index in [0.29, 0.717) is 58.1 Å². The lowest BCUT2D eigenvalue weighted by atomic mass is 9.86. The molecule has 1 aromatic heterocycles. The highest BCUT2D eigenvalue weighted by Crippen LogP contribution is 2.52. The van der Waals surface area contributed by atoms with Crippen LogP contribution in [0.3, 0.4) is 0 Å². The standard InChI is InChI=1S/C43H45N3O8/c1-45-15-13-26-20-35(48-3)38-23-30(26)32(45)18-25-9-11-29(12-10-25)53-37-22-28(31(24-36(37)49-4)44-43(47)34-8-7-17-52-34)19-33-40-27(14-16-46(33)2)21-39(50-5)41(51-6)42(40)54-38/h7-12,17,20-24,32-33H,13-16,18-19H2,1-6H3,(H,44,47)/t32-,33-/m0/s1. The molecule has 4 aliphatic rings. The minimum atomic E-state index is -0.377. The van der Waals surface area contributed by atoms with Gasteiger partial charge in [-0.2, -0.15) is 0 Å². The summed E-state index contributed by atoms with van der Waals surface area (Å²) in [7, 11) is 10.8. The van der Waals surface area contributed by atoms with E-state index in [1.54, 1.807) is 46.6 Å². The molecule has 4 aliphatic heterocycles. The summed E-state index contributed by atoms with van der Waals surface area (Å²) in [6, 6.07) is 21.5. The van der Waals surface area contributed by atoms with Crippen molar-refractivity contribution in [3.63, 3.8) is 0 Å². The van der Waals surface area contributed by atoms with Crippen LogP contribution in [-0.2, 0) is 25.7 Å². The van der Waals surface area contributed by atoms with Crippen LogP contribution in [0.25, 0.3) is 0 Å². The fourth-order valence-electron chi connectivity index (χ4n) is 8.05. The van der Waals surface area contributed by atoms with Gasteiger partial charge in [0.1, 0.15) is 5.75 Å². The molecule has 4 aromatic carbocycles. The smallest absolute Gasteiger partial charge is 0.291 e. The molecule has 11 heteroatoms. The number of methoxy groups -OCH3 is 4. The van der Waals surface area contributed by atoms with Crippen molar-refractivity contribution >= 4 is 11.6 Å². The van der Waals surface area contributed by atoms with Crippen molar-refractivity contribution in [2.45, 2.75) is 37.8 Å². The molecule has 0 unspecified atom stereocenters. The highest BCUT2D eigenvalue weighted by molar-refractivity contribution is 6.03. The molecular weight excluding hydrogens is 686 g/mol. The first-order valence-corrected chi connectivity index (χ1v) is 18.2. The minimum absolute atomic E-state index is 0.110. The first-order valence-electron chi connectivity index (χ1n) is 18.2. The van der Waals surface area contributed by atoms with E-state index >= 15 is 0 Å². The highest BCUT2D eigenvalue weighted by atomic mass is 16.5. The number of rotatable bonds is 6. The first-order chi connectivity index (χ1) is 26.3. The Labute approximate surface area is 315 Å². The van der Waals surface area contributed by atoms with Gasteiger partial charge in [-0.1, -0.05) is 12.1 Å². The van der Waals surface area contributed by atoms with E-state index in [9.17, 15) is 4.79 Å². The van der Waals surface area contributed by atoms with Gasteiger partial charge in [-0.15, -0.1) is 0 Å². The normalized spacial score (nSPS) is 18.0. The zero-order chi connectivity index (χ0) is 37.5. The maximum absolute atomic E-state index is 13.4. The Morgan fingerprint density at radius 3 is 2.11 bits per heavy atom. The van der Waals surface area contributed by atoms with Crippen molar-refractivity contribution in [2.75, 3.05) is 60.9 Å².